The quantitative estimate of drug-likeness (QED) is 0.808. The molecule has 1 aromatic carbocycles. The van der Waals surface area contributed by atoms with Crippen molar-refractivity contribution in [3.63, 3.8) is 0 Å². The number of nitrogens with two attached hydrogens (primary N) is 1. The van der Waals surface area contributed by atoms with Crippen LogP contribution in [0.15, 0.2) is 18.2 Å². The molecule has 5 nitrogen and oxygen atoms in total. The molecule has 1 unspecified atom stereocenters. The van der Waals surface area contributed by atoms with Crippen LogP contribution in [0.5, 0.6) is 11.5 Å². The summed E-state index contributed by atoms with van der Waals surface area (Å²) >= 11 is 0. The highest BCUT2D eigenvalue weighted by molar-refractivity contribution is 5.81. The Kier molecular flexibility index (Phi) is 5.63. The standard InChI is InChI=1S/C14H22N2O3/c1-9(16-14(17)10(2)15)7-11-5-6-12(18-3)13(8-11)19-4/h5-6,8-10H,7,15H2,1-4H3,(H,16,17)/t9?,10-/m0/s1. The molecule has 0 saturated carbocycles. The Labute approximate surface area is 114 Å². The Bertz CT molecular complexity index is 433. The first-order chi connectivity index (χ1) is 8.97. The van der Waals surface area contributed by atoms with E-state index in [0.29, 0.717) is 17.9 Å². The highest BCUT2D eigenvalue weighted by Gasteiger charge is 2.12. The molecule has 0 bridgehead atoms. The minimum Gasteiger partial charge on any atom is -0.493 e. The van der Waals surface area contributed by atoms with Gasteiger partial charge in [0, 0.05) is 6.04 Å². The fraction of sp³-hybridized carbons (Fsp3) is 0.500. The van der Waals surface area contributed by atoms with Crippen LogP contribution in [0.2, 0.25) is 0 Å². The van der Waals surface area contributed by atoms with Crippen molar-refractivity contribution < 1.29 is 14.3 Å². The van der Waals surface area contributed by atoms with Crippen molar-refractivity contribution in [2.24, 2.45) is 5.73 Å². The number of hydrogen-bond donors (Lipinski definition) is 2. The molecule has 0 radical (unpaired) electrons. The molecule has 106 valence electrons. The van der Waals surface area contributed by atoms with Gasteiger partial charge in [-0.25, -0.2) is 0 Å². The second-order valence-corrected chi connectivity index (χ2v) is 4.59. The van der Waals surface area contributed by atoms with Gasteiger partial charge in [0.05, 0.1) is 20.3 Å². The van der Waals surface area contributed by atoms with Gasteiger partial charge in [0.2, 0.25) is 5.91 Å². The molecule has 1 aromatic rings. The molecule has 0 spiro atoms. The second kappa shape index (κ2) is 6.99. The molecule has 3 N–H and O–H groups in total. The number of carbonyl (C=O) groups excluding carboxylic acids is 1. The van der Waals surface area contributed by atoms with Crippen LogP contribution >= 0.6 is 0 Å². The van der Waals surface area contributed by atoms with Crippen LogP contribution in [0.3, 0.4) is 0 Å². The van der Waals surface area contributed by atoms with Gasteiger partial charge in [0.1, 0.15) is 0 Å². The van der Waals surface area contributed by atoms with Gasteiger partial charge in [-0.15, -0.1) is 0 Å². The Morgan fingerprint density at radius 3 is 2.42 bits per heavy atom. The molecule has 0 heterocycles. The maximum absolute atomic E-state index is 11.5. The number of nitrogens with one attached hydrogen (secondary N) is 1. The molecule has 1 rings (SSSR count). The van der Waals surface area contributed by atoms with E-state index in [4.69, 9.17) is 15.2 Å². The van der Waals surface area contributed by atoms with Crippen molar-refractivity contribution in [1.29, 1.82) is 0 Å². The molecule has 19 heavy (non-hydrogen) atoms. The third kappa shape index (κ3) is 4.44. The molecular weight excluding hydrogens is 244 g/mol. The third-order valence-electron chi connectivity index (χ3n) is 2.79. The Balaban J connectivity index is 2.69. The Morgan fingerprint density at radius 1 is 1.26 bits per heavy atom. The topological polar surface area (TPSA) is 73.6 Å². The zero-order valence-electron chi connectivity index (χ0n) is 11.9. The molecular formula is C14H22N2O3. The molecule has 2 atom stereocenters. The van der Waals surface area contributed by atoms with Crippen molar-refractivity contribution >= 4 is 5.91 Å². The van der Waals surface area contributed by atoms with E-state index in [1.165, 1.54) is 0 Å². The van der Waals surface area contributed by atoms with Crippen LogP contribution in [0.4, 0.5) is 0 Å². The van der Waals surface area contributed by atoms with Crippen molar-refractivity contribution in [2.75, 3.05) is 14.2 Å². The summed E-state index contributed by atoms with van der Waals surface area (Å²) in [5, 5.41) is 2.86. The molecule has 0 aromatic heterocycles. The lowest BCUT2D eigenvalue weighted by Crippen LogP contribution is -2.43. The first kappa shape index (κ1) is 15.3. The molecule has 0 saturated heterocycles. The zero-order valence-corrected chi connectivity index (χ0v) is 11.9. The normalized spacial score (nSPS) is 13.5. The molecule has 5 heteroatoms. The number of rotatable bonds is 6. The molecule has 0 aliphatic rings. The van der Waals surface area contributed by atoms with E-state index in [-0.39, 0.29) is 11.9 Å². The van der Waals surface area contributed by atoms with Crippen LogP contribution < -0.4 is 20.5 Å². The van der Waals surface area contributed by atoms with Gasteiger partial charge < -0.3 is 20.5 Å². The highest BCUT2D eigenvalue weighted by atomic mass is 16.5. The summed E-state index contributed by atoms with van der Waals surface area (Å²) in [5.41, 5.74) is 6.58. The van der Waals surface area contributed by atoms with Crippen LogP contribution in [-0.4, -0.2) is 32.2 Å². The van der Waals surface area contributed by atoms with Gasteiger partial charge in [-0.3, -0.25) is 4.79 Å². The first-order valence-corrected chi connectivity index (χ1v) is 6.24. The number of ether oxygens (including phenoxy) is 2. The summed E-state index contributed by atoms with van der Waals surface area (Å²) in [6.45, 7) is 3.61. The highest BCUT2D eigenvalue weighted by Crippen LogP contribution is 2.27. The summed E-state index contributed by atoms with van der Waals surface area (Å²) in [7, 11) is 3.20. The Hall–Kier alpha value is -1.75. The Morgan fingerprint density at radius 2 is 1.89 bits per heavy atom. The zero-order chi connectivity index (χ0) is 14.4. The number of benzene rings is 1. The number of hydrogen-bond acceptors (Lipinski definition) is 4. The first-order valence-electron chi connectivity index (χ1n) is 6.24. The van der Waals surface area contributed by atoms with E-state index in [9.17, 15) is 4.79 Å². The predicted octanol–water partition coefficient (Wildman–Crippen LogP) is 1.10. The minimum atomic E-state index is -0.493. The maximum atomic E-state index is 11.5. The van der Waals surface area contributed by atoms with E-state index in [1.807, 2.05) is 25.1 Å². The van der Waals surface area contributed by atoms with Gasteiger partial charge in [-0.05, 0) is 38.0 Å². The van der Waals surface area contributed by atoms with E-state index in [1.54, 1.807) is 21.1 Å². The monoisotopic (exact) mass is 266 g/mol. The smallest absolute Gasteiger partial charge is 0.236 e. The van der Waals surface area contributed by atoms with E-state index in [2.05, 4.69) is 5.32 Å². The van der Waals surface area contributed by atoms with Gasteiger partial charge in [-0.1, -0.05) is 6.07 Å². The predicted molar refractivity (Wildman–Crippen MR) is 74.5 cm³/mol. The summed E-state index contributed by atoms with van der Waals surface area (Å²) in [6, 6.07) is 5.24. The van der Waals surface area contributed by atoms with E-state index < -0.39 is 6.04 Å². The van der Waals surface area contributed by atoms with Gasteiger partial charge >= 0.3 is 0 Å². The minimum absolute atomic E-state index is 0.0107. The molecule has 0 fully saturated rings. The number of carbonyl (C=O) groups is 1. The third-order valence-corrected chi connectivity index (χ3v) is 2.79. The van der Waals surface area contributed by atoms with Crippen molar-refractivity contribution in [3.05, 3.63) is 23.8 Å². The number of methoxy groups -OCH3 is 2. The fourth-order valence-electron chi connectivity index (χ4n) is 1.79. The van der Waals surface area contributed by atoms with Crippen molar-refractivity contribution in [1.82, 2.24) is 5.32 Å². The largest absolute Gasteiger partial charge is 0.493 e. The summed E-state index contributed by atoms with van der Waals surface area (Å²) in [4.78, 5) is 11.5. The summed E-state index contributed by atoms with van der Waals surface area (Å²) in [6.07, 6.45) is 0.707. The maximum Gasteiger partial charge on any atom is 0.236 e. The van der Waals surface area contributed by atoms with Gasteiger partial charge in [0.25, 0.3) is 0 Å². The van der Waals surface area contributed by atoms with Crippen LogP contribution in [-0.2, 0) is 11.2 Å². The summed E-state index contributed by atoms with van der Waals surface area (Å²) in [5.74, 6) is 1.23. The fourth-order valence-corrected chi connectivity index (χ4v) is 1.79. The summed E-state index contributed by atoms with van der Waals surface area (Å²) < 4.78 is 10.4. The lowest BCUT2D eigenvalue weighted by molar-refractivity contribution is -0.122. The van der Waals surface area contributed by atoms with Gasteiger partial charge in [0.15, 0.2) is 11.5 Å². The number of amides is 1. The van der Waals surface area contributed by atoms with Crippen LogP contribution in [0.25, 0.3) is 0 Å². The molecule has 1 amide bonds. The van der Waals surface area contributed by atoms with Crippen molar-refractivity contribution in [2.45, 2.75) is 32.4 Å². The second-order valence-electron chi connectivity index (χ2n) is 4.59. The van der Waals surface area contributed by atoms with Gasteiger partial charge in [-0.2, -0.15) is 0 Å². The molecule has 0 aliphatic heterocycles. The SMILES string of the molecule is COc1ccc(CC(C)NC(=O)[C@H](C)N)cc1OC. The lowest BCUT2D eigenvalue weighted by atomic mass is 10.1. The average molecular weight is 266 g/mol. The van der Waals surface area contributed by atoms with Crippen molar-refractivity contribution in [3.8, 4) is 11.5 Å². The van der Waals surface area contributed by atoms with E-state index >= 15 is 0 Å². The molecule has 0 aliphatic carbocycles. The van der Waals surface area contributed by atoms with Crippen LogP contribution in [0, 0.1) is 0 Å². The average Bonchev–Trinajstić information content (AvgIpc) is 2.38. The lowest BCUT2D eigenvalue weighted by Gasteiger charge is -2.16. The van der Waals surface area contributed by atoms with Crippen LogP contribution in [0.1, 0.15) is 19.4 Å². The van der Waals surface area contributed by atoms with E-state index in [0.717, 1.165) is 5.56 Å².